The zero-order valence-corrected chi connectivity index (χ0v) is 19.9. The molecule has 0 radical (unpaired) electrons. The van der Waals surface area contributed by atoms with Crippen LogP contribution in [0.25, 0.3) is 10.9 Å². The molecule has 5 rings (SSSR count). The second kappa shape index (κ2) is 9.67. The highest BCUT2D eigenvalue weighted by atomic mass is 32.2. The van der Waals surface area contributed by atoms with Gasteiger partial charge >= 0.3 is 0 Å². The number of amides is 1. The average Bonchev–Trinajstić information content (AvgIpc) is 3.12. The lowest BCUT2D eigenvalue weighted by molar-refractivity contribution is -0.132. The molecule has 1 saturated heterocycles. The summed E-state index contributed by atoms with van der Waals surface area (Å²) in [6, 6.07) is 11.7. The van der Waals surface area contributed by atoms with Crippen molar-refractivity contribution in [1.82, 2.24) is 19.2 Å². The Morgan fingerprint density at radius 2 is 1.74 bits per heavy atom. The van der Waals surface area contributed by atoms with E-state index in [-0.39, 0.29) is 35.9 Å². The molecule has 2 aliphatic rings. The quantitative estimate of drug-likeness (QED) is 0.566. The maximum Gasteiger partial charge on any atom is 0.258 e. The lowest BCUT2D eigenvalue weighted by Gasteiger charge is -2.34. The Bertz CT molecular complexity index is 1410. The van der Waals surface area contributed by atoms with Gasteiger partial charge in [0.15, 0.2) is 11.5 Å². The van der Waals surface area contributed by atoms with E-state index in [4.69, 9.17) is 9.47 Å². The van der Waals surface area contributed by atoms with Crippen molar-refractivity contribution in [2.45, 2.75) is 24.2 Å². The monoisotopic (exact) mass is 498 g/mol. The third-order valence-corrected chi connectivity index (χ3v) is 8.08. The van der Waals surface area contributed by atoms with E-state index in [0.29, 0.717) is 61.0 Å². The predicted molar refractivity (Wildman–Crippen MR) is 128 cm³/mol. The van der Waals surface area contributed by atoms with E-state index >= 15 is 0 Å². The fraction of sp³-hybridized carbons (Fsp3) is 0.375. The van der Waals surface area contributed by atoms with Crippen molar-refractivity contribution in [3.8, 4) is 11.5 Å². The van der Waals surface area contributed by atoms with Gasteiger partial charge in [-0.1, -0.05) is 12.1 Å². The van der Waals surface area contributed by atoms with Gasteiger partial charge in [-0.2, -0.15) is 4.31 Å². The summed E-state index contributed by atoms with van der Waals surface area (Å²) in [7, 11) is -3.73. The number of fused-ring (bicyclic) bond motifs is 2. The van der Waals surface area contributed by atoms with E-state index in [9.17, 15) is 18.0 Å². The summed E-state index contributed by atoms with van der Waals surface area (Å²) in [5.41, 5.74) is 0.360. The van der Waals surface area contributed by atoms with Gasteiger partial charge in [0.2, 0.25) is 15.9 Å². The van der Waals surface area contributed by atoms with Crippen LogP contribution in [0.5, 0.6) is 11.5 Å². The van der Waals surface area contributed by atoms with Gasteiger partial charge in [0.1, 0.15) is 5.82 Å². The topological polar surface area (TPSA) is 122 Å². The van der Waals surface area contributed by atoms with Gasteiger partial charge < -0.3 is 19.4 Å². The summed E-state index contributed by atoms with van der Waals surface area (Å²) in [6.45, 7) is 2.00. The Balaban J connectivity index is 1.19. The molecule has 1 aromatic heterocycles. The van der Waals surface area contributed by atoms with Crippen molar-refractivity contribution in [2.75, 3.05) is 39.4 Å². The van der Waals surface area contributed by atoms with Crippen LogP contribution in [-0.2, 0) is 21.2 Å². The summed E-state index contributed by atoms with van der Waals surface area (Å²) in [5.74, 6) is 1.32. The molecule has 0 aliphatic carbocycles. The summed E-state index contributed by atoms with van der Waals surface area (Å²) in [6.07, 6.45) is 1.21. The molecule has 11 heteroatoms. The lowest BCUT2D eigenvalue weighted by Crippen LogP contribution is -2.50. The molecule has 2 aliphatic heterocycles. The average molecular weight is 499 g/mol. The zero-order valence-electron chi connectivity index (χ0n) is 19.1. The number of H-pyrrole nitrogens is 1. The van der Waals surface area contributed by atoms with E-state index in [0.717, 1.165) is 6.42 Å². The number of nitrogens with one attached hydrogen (secondary N) is 1. The normalized spacial score (nSPS) is 16.7. The van der Waals surface area contributed by atoms with Gasteiger partial charge in [-0.15, -0.1) is 0 Å². The molecule has 0 atom stereocenters. The van der Waals surface area contributed by atoms with Gasteiger partial charge in [-0.05, 0) is 24.3 Å². The van der Waals surface area contributed by atoms with Crippen LogP contribution >= 0.6 is 0 Å². The summed E-state index contributed by atoms with van der Waals surface area (Å²) in [4.78, 5) is 33.9. The summed E-state index contributed by atoms with van der Waals surface area (Å²) in [5, 5.41) is 0.508. The minimum Gasteiger partial charge on any atom is -0.490 e. The molecule has 0 unspecified atom stereocenters. The SMILES string of the molecule is O=C(CCc1nc2ccccc2c(=O)[nH]1)N1CCN(S(=O)(=O)c2ccc3c(c2)OCCCO3)CC1. The zero-order chi connectivity index (χ0) is 24.4. The van der Waals surface area contributed by atoms with Crippen LogP contribution in [0.4, 0.5) is 0 Å². The van der Waals surface area contributed by atoms with Gasteiger partial charge in [0, 0.05) is 51.5 Å². The highest BCUT2D eigenvalue weighted by Gasteiger charge is 2.31. The fourth-order valence-corrected chi connectivity index (χ4v) is 5.71. The second-order valence-electron chi connectivity index (χ2n) is 8.47. The number of nitrogens with zero attached hydrogens (tertiary/aromatic N) is 3. The fourth-order valence-electron chi connectivity index (χ4n) is 4.27. The van der Waals surface area contributed by atoms with Gasteiger partial charge in [-0.3, -0.25) is 9.59 Å². The standard InChI is InChI=1S/C24H26N4O6S/c29-23(9-8-22-25-19-5-2-1-4-18(19)24(30)26-22)27-10-12-28(13-11-27)35(31,32)17-6-7-20-21(16-17)34-15-3-14-33-20/h1-2,4-7,16H,3,8-15H2,(H,25,26,30). The van der Waals surface area contributed by atoms with Gasteiger partial charge in [-0.25, -0.2) is 13.4 Å². The van der Waals surface area contributed by atoms with E-state index in [2.05, 4.69) is 9.97 Å². The number of hydrogen-bond acceptors (Lipinski definition) is 7. The first kappa shape index (κ1) is 23.3. The molecule has 10 nitrogen and oxygen atoms in total. The number of aryl methyl sites for hydroxylation is 1. The van der Waals surface area contributed by atoms with E-state index < -0.39 is 10.0 Å². The number of benzene rings is 2. The number of rotatable bonds is 5. The Labute approximate surface area is 202 Å². The van der Waals surface area contributed by atoms with E-state index in [1.807, 2.05) is 6.07 Å². The predicted octanol–water partition coefficient (Wildman–Crippen LogP) is 1.55. The molecular weight excluding hydrogens is 472 g/mol. The highest BCUT2D eigenvalue weighted by Crippen LogP contribution is 2.33. The second-order valence-corrected chi connectivity index (χ2v) is 10.4. The molecule has 3 heterocycles. The van der Waals surface area contributed by atoms with Crippen LogP contribution < -0.4 is 15.0 Å². The van der Waals surface area contributed by atoms with Crippen molar-refractivity contribution in [2.24, 2.45) is 0 Å². The molecule has 35 heavy (non-hydrogen) atoms. The third kappa shape index (κ3) is 4.87. The molecule has 2 aromatic carbocycles. The molecule has 184 valence electrons. The van der Waals surface area contributed by atoms with Crippen LogP contribution in [-0.4, -0.2) is 72.9 Å². The molecule has 3 aromatic rings. The van der Waals surface area contributed by atoms with Crippen LogP contribution in [0.3, 0.4) is 0 Å². The number of hydrogen-bond donors (Lipinski definition) is 1. The lowest BCUT2D eigenvalue weighted by atomic mass is 10.2. The van der Waals surface area contributed by atoms with Gasteiger partial charge in [0.25, 0.3) is 5.56 Å². The van der Waals surface area contributed by atoms with Crippen molar-refractivity contribution < 1.29 is 22.7 Å². The van der Waals surface area contributed by atoms with Crippen molar-refractivity contribution >= 4 is 26.8 Å². The summed E-state index contributed by atoms with van der Waals surface area (Å²) >= 11 is 0. The van der Waals surface area contributed by atoms with Crippen LogP contribution in [0, 0.1) is 0 Å². The number of piperazine rings is 1. The van der Waals surface area contributed by atoms with E-state index in [1.54, 1.807) is 29.2 Å². The third-order valence-electron chi connectivity index (χ3n) is 6.19. The molecule has 1 N–H and O–H groups in total. The van der Waals surface area contributed by atoms with Gasteiger partial charge in [0.05, 0.1) is 29.0 Å². The number of aromatic amines is 1. The first-order valence-corrected chi connectivity index (χ1v) is 13.0. The molecule has 1 amide bonds. The first-order valence-electron chi connectivity index (χ1n) is 11.6. The minimum atomic E-state index is -3.73. The molecule has 0 spiro atoms. The van der Waals surface area contributed by atoms with Crippen LogP contribution in [0.1, 0.15) is 18.7 Å². The number of sulfonamides is 1. The smallest absolute Gasteiger partial charge is 0.258 e. The van der Waals surface area contributed by atoms with Crippen molar-refractivity contribution in [3.63, 3.8) is 0 Å². The number of para-hydroxylation sites is 1. The highest BCUT2D eigenvalue weighted by molar-refractivity contribution is 7.89. The van der Waals surface area contributed by atoms with Crippen molar-refractivity contribution in [1.29, 1.82) is 0 Å². The van der Waals surface area contributed by atoms with E-state index in [1.165, 1.54) is 16.4 Å². The molecule has 0 bridgehead atoms. The Morgan fingerprint density at radius 3 is 2.54 bits per heavy atom. The van der Waals surface area contributed by atoms with Crippen LogP contribution in [0.2, 0.25) is 0 Å². The maximum atomic E-state index is 13.2. The number of carbonyl (C=O) groups is 1. The van der Waals surface area contributed by atoms with Crippen molar-refractivity contribution in [3.05, 3.63) is 58.6 Å². The number of carbonyl (C=O) groups excluding carboxylic acids is 1. The Hall–Kier alpha value is -3.44. The molecule has 1 fully saturated rings. The number of aromatic nitrogens is 2. The Kier molecular flexibility index (Phi) is 6.44. The Morgan fingerprint density at radius 1 is 1.00 bits per heavy atom. The van der Waals surface area contributed by atoms with Crippen LogP contribution in [0.15, 0.2) is 52.2 Å². The molecular formula is C24H26N4O6S. The maximum absolute atomic E-state index is 13.2. The largest absolute Gasteiger partial charge is 0.490 e. The molecule has 0 saturated carbocycles. The summed E-state index contributed by atoms with van der Waals surface area (Å²) < 4.78 is 38.9. The number of ether oxygens (including phenoxy) is 2. The first-order chi connectivity index (χ1) is 16.9. The minimum absolute atomic E-state index is 0.103.